The quantitative estimate of drug-likeness (QED) is 0.290. The number of guanidine groups is 1. The number of benzene rings is 1. The molecule has 126 valence electrons. The first kappa shape index (κ1) is 21.5. The van der Waals surface area contributed by atoms with Crippen LogP contribution in [-0.4, -0.2) is 45.2 Å². The maximum absolute atomic E-state index is 6.01. The van der Waals surface area contributed by atoms with Crippen molar-refractivity contribution < 1.29 is 4.74 Å². The Kier molecular flexibility index (Phi) is 12.6. The zero-order valence-electron chi connectivity index (χ0n) is 13.6. The third-order valence-corrected chi connectivity index (χ3v) is 3.43. The number of ether oxygens (including phenoxy) is 1. The molecule has 1 rings (SSSR count). The maximum Gasteiger partial charge on any atom is 0.193 e. The van der Waals surface area contributed by atoms with Crippen LogP contribution in [0.15, 0.2) is 29.3 Å². The Morgan fingerprint density at radius 3 is 2.73 bits per heavy atom. The van der Waals surface area contributed by atoms with Crippen molar-refractivity contribution in [3.05, 3.63) is 34.9 Å². The molecule has 0 saturated heterocycles. The molecule has 0 radical (unpaired) electrons. The Balaban J connectivity index is 0.00000441. The summed E-state index contributed by atoms with van der Waals surface area (Å²) in [5.74, 6) is 0.904. The van der Waals surface area contributed by atoms with Gasteiger partial charge in [-0.1, -0.05) is 23.7 Å². The van der Waals surface area contributed by atoms with Gasteiger partial charge in [0.05, 0.1) is 0 Å². The average molecular weight is 440 g/mol. The van der Waals surface area contributed by atoms with E-state index in [4.69, 9.17) is 16.3 Å². The summed E-state index contributed by atoms with van der Waals surface area (Å²) in [7, 11) is 5.58. The van der Waals surface area contributed by atoms with E-state index in [-0.39, 0.29) is 24.0 Å². The molecule has 1 N–H and O–H groups in total. The highest BCUT2D eigenvalue weighted by Gasteiger charge is 2.06. The highest BCUT2D eigenvalue weighted by molar-refractivity contribution is 14.0. The number of nitrogens with one attached hydrogen (secondary N) is 1. The summed E-state index contributed by atoms with van der Waals surface area (Å²) in [6, 6.07) is 7.91. The number of methoxy groups -OCH3 is 1. The summed E-state index contributed by atoms with van der Waals surface area (Å²) in [6.07, 6.45) is 3.39. The van der Waals surface area contributed by atoms with E-state index in [0.29, 0.717) is 0 Å². The zero-order valence-corrected chi connectivity index (χ0v) is 16.7. The van der Waals surface area contributed by atoms with Gasteiger partial charge in [0.25, 0.3) is 0 Å². The average Bonchev–Trinajstić information content (AvgIpc) is 2.46. The van der Waals surface area contributed by atoms with Gasteiger partial charge in [0.1, 0.15) is 0 Å². The van der Waals surface area contributed by atoms with Crippen LogP contribution in [0.1, 0.15) is 24.8 Å². The van der Waals surface area contributed by atoms with Crippen LogP contribution in [0.3, 0.4) is 0 Å². The smallest absolute Gasteiger partial charge is 0.193 e. The molecular weight excluding hydrogens is 413 g/mol. The van der Waals surface area contributed by atoms with Crippen LogP contribution in [0.4, 0.5) is 0 Å². The summed E-state index contributed by atoms with van der Waals surface area (Å²) in [5, 5.41) is 4.15. The van der Waals surface area contributed by atoms with E-state index in [1.165, 1.54) is 5.56 Å². The van der Waals surface area contributed by atoms with Gasteiger partial charge in [0.15, 0.2) is 5.96 Å². The van der Waals surface area contributed by atoms with Gasteiger partial charge in [-0.15, -0.1) is 24.0 Å². The minimum absolute atomic E-state index is 0. The molecule has 0 bridgehead atoms. The Labute approximate surface area is 156 Å². The van der Waals surface area contributed by atoms with Crippen molar-refractivity contribution >= 4 is 41.5 Å². The molecule has 0 aromatic heterocycles. The first-order chi connectivity index (χ1) is 10.2. The predicted molar refractivity (Wildman–Crippen MR) is 105 cm³/mol. The summed E-state index contributed by atoms with van der Waals surface area (Å²) >= 11 is 6.01. The van der Waals surface area contributed by atoms with Gasteiger partial charge in [0, 0.05) is 45.9 Å². The van der Waals surface area contributed by atoms with Crippen LogP contribution in [0.5, 0.6) is 0 Å². The number of aliphatic imine (C=N–C) groups is 1. The molecule has 6 heteroatoms. The maximum atomic E-state index is 6.01. The monoisotopic (exact) mass is 439 g/mol. The van der Waals surface area contributed by atoms with Crippen LogP contribution < -0.4 is 5.32 Å². The summed E-state index contributed by atoms with van der Waals surface area (Å²) in [4.78, 5) is 6.41. The van der Waals surface area contributed by atoms with Crippen molar-refractivity contribution in [3.8, 4) is 0 Å². The first-order valence-electron chi connectivity index (χ1n) is 7.32. The van der Waals surface area contributed by atoms with E-state index in [9.17, 15) is 0 Å². The number of rotatable bonds is 8. The largest absolute Gasteiger partial charge is 0.385 e. The SMILES string of the molecule is CN=C(NCCCCCOC)N(C)Cc1cccc(Cl)c1.I. The standard InChI is InChI=1S/C16H26ClN3O.HI/c1-18-16(19-10-5-4-6-11-21-3)20(2)13-14-8-7-9-15(17)12-14;/h7-9,12H,4-6,10-11,13H2,1-3H3,(H,18,19);1H. The fourth-order valence-electron chi connectivity index (χ4n) is 2.12. The zero-order chi connectivity index (χ0) is 15.5. The normalized spacial score (nSPS) is 11.0. The van der Waals surface area contributed by atoms with Crippen molar-refractivity contribution in [1.29, 1.82) is 0 Å². The molecule has 1 aromatic rings. The fourth-order valence-corrected chi connectivity index (χ4v) is 2.33. The van der Waals surface area contributed by atoms with Crippen LogP contribution in [0.25, 0.3) is 0 Å². The lowest BCUT2D eigenvalue weighted by molar-refractivity contribution is 0.192. The van der Waals surface area contributed by atoms with E-state index >= 15 is 0 Å². The second-order valence-corrected chi connectivity index (χ2v) is 5.45. The highest BCUT2D eigenvalue weighted by Crippen LogP contribution is 2.12. The Morgan fingerprint density at radius 1 is 1.32 bits per heavy atom. The van der Waals surface area contributed by atoms with Crippen molar-refractivity contribution in [2.24, 2.45) is 4.99 Å². The molecule has 0 heterocycles. The summed E-state index contributed by atoms with van der Waals surface area (Å²) < 4.78 is 5.04. The predicted octanol–water partition coefficient (Wildman–Crippen LogP) is 3.78. The molecule has 0 aliphatic heterocycles. The molecule has 1 aromatic carbocycles. The van der Waals surface area contributed by atoms with E-state index in [2.05, 4.69) is 21.3 Å². The highest BCUT2D eigenvalue weighted by atomic mass is 127. The van der Waals surface area contributed by atoms with Gasteiger partial charge < -0.3 is 15.0 Å². The summed E-state index contributed by atoms with van der Waals surface area (Å²) in [5.41, 5.74) is 1.17. The van der Waals surface area contributed by atoms with E-state index in [1.54, 1.807) is 7.11 Å². The molecular formula is C16H27ClIN3O. The molecule has 0 aliphatic carbocycles. The van der Waals surface area contributed by atoms with Gasteiger partial charge in [-0.25, -0.2) is 0 Å². The number of nitrogens with zero attached hydrogens (tertiary/aromatic N) is 2. The van der Waals surface area contributed by atoms with Gasteiger partial charge in [-0.3, -0.25) is 4.99 Å². The van der Waals surface area contributed by atoms with Crippen molar-refractivity contribution in [2.45, 2.75) is 25.8 Å². The van der Waals surface area contributed by atoms with Crippen LogP contribution >= 0.6 is 35.6 Å². The number of hydrogen-bond acceptors (Lipinski definition) is 2. The Hall–Kier alpha value is -0.530. The molecule has 0 aliphatic rings. The molecule has 0 spiro atoms. The van der Waals surface area contributed by atoms with E-state index in [0.717, 1.165) is 49.9 Å². The number of halogens is 2. The topological polar surface area (TPSA) is 36.9 Å². The number of hydrogen-bond donors (Lipinski definition) is 1. The molecule has 0 unspecified atom stereocenters. The molecule has 0 saturated carbocycles. The van der Waals surface area contributed by atoms with Crippen LogP contribution in [0, 0.1) is 0 Å². The third kappa shape index (κ3) is 8.80. The van der Waals surface area contributed by atoms with E-state index < -0.39 is 0 Å². The lowest BCUT2D eigenvalue weighted by Crippen LogP contribution is -2.38. The Morgan fingerprint density at radius 2 is 2.09 bits per heavy atom. The molecule has 0 fully saturated rings. The minimum Gasteiger partial charge on any atom is -0.385 e. The fraction of sp³-hybridized carbons (Fsp3) is 0.562. The second kappa shape index (κ2) is 13.0. The summed E-state index contributed by atoms with van der Waals surface area (Å²) in [6.45, 7) is 2.55. The first-order valence-corrected chi connectivity index (χ1v) is 7.70. The molecule has 0 amide bonds. The van der Waals surface area contributed by atoms with Crippen molar-refractivity contribution in [3.63, 3.8) is 0 Å². The van der Waals surface area contributed by atoms with Gasteiger partial charge in [-0.2, -0.15) is 0 Å². The minimum atomic E-state index is 0. The van der Waals surface area contributed by atoms with Crippen LogP contribution in [-0.2, 0) is 11.3 Å². The van der Waals surface area contributed by atoms with Gasteiger partial charge in [0.2, 0.25) is 0 Å². The molecule has 4 nitrogen and oxygen atoms in total. The van der Waals surface area contributed by atoms with E-state index in [1.807, 2.05) is 32.3 Å². The second-order valence-electron chi connectivity index (χ2n) is 5.01. The van der Waals surface area contributed by atoms with Crippen LogP contribution in [0.2, 0.25) is 5.02 Å². The van der Waals surface area contributed by atoms with Gasteiger partial charge >= 0.3 is 0 Å². The Bertz CT molecular complexity index is 443. The third-order valence-electron chi connectivity index (χ3n) is 3.19. The number of unbranched alkanes of at least 4 members (excludes halogenated alkanes) is 2. The van der Waals surface area contributed by atoms with Gasteiger partial charge in [-0.05, 0) is 37.0 Å². The molecule has 0 atom stereocenters. The lowest BCUT2D eigenvalue weighted by atomic mass is 10.2. The van der Waals surface area contributed by atoms with Crippen molar-refractivity contribution in [1.82, 2.24) is 10.2 Å². The van der Waals surface area contributed by atoms with Crippen molar-refractivity contribution in [2.75, 3.05) is 34.4 Å². The molecule has 22 heavy (non-hydrogen) atoms. The lowest BCUT2D eigenvalue weighted by Gasteiger charge is -2.22.